The molecule has 1 heterocycles. The number of halogens is 3. The van der Waals surface area contributed by atoms with Gasteiger partial charge in [0.05, 0.1) is 16.8 Å². The number of rotatable bonds is 6. The fourth-order valence-electron chi connectivity index (χ4n) is 4.66. The molecule has 1 aromatic heterocycles. The molecular weight excluding hydrogens is 495 g/mol. The van der Waals surface area contributed by atoms with Crippen LogP contribution in [-0.4, -0.2) is 13.4 Å². The maximum absolute atomic E-state index is 13.9. The Kier molecular flexibility index (Phi) is 6.80. The first-order valence-corrected chi connectivity index (χ1v) is 13.0. The van der Waals surface area contributed by atoms with Crippen LogP contribution in [0.3, 0.4) is 0 Å². The molecule has 0 bridgehead atoms. The van der Waals surface area contributed by atoms with Crippen molar-refractivity contribution in [2.24, 2.45) is 0 Å². The predicted molar refractivity (Wildman–Crippen MR) is 141 cm³/mol. The van der Waals surface area contributed by atoms with Gasteiger partial charge in [-0.05, 0) is 57.5 Å². The van der Waals surface area contributed by atoms with Crippen LogP contribution in [0.15, 0.2) is 103 Å². The smallest absolute Gasteiger partial charge is 0.255 e. The van der Waals surface area contributed by atoms with Crippen LogP contribution in [0.25, 0.3) is 33.2 Å². The minimum Gasteiger partial charge on any atom is -0.255 e. The number of alkyl halides is 3. The highest BCUT2D eigenvalue weighted by Gasteiger charge is 2.34. The lowest BCUT2D eigenvalue weighted by Crippen LogP contribution is -2.08. The molecule has 0 aliphatic carbocycles. The van der Waals surface area contributed by atoms with Crippen molar-refractivity contribution in [2.45, 2.75) is 18.3 Å². The minimum atomic E-state index is -4.59. The standard InChI is InChI=1S/C30H22F3NO2S/c31-30(32,33)27-13-7-12-25-28(24(18-34-29(25)27)16-20-8-3-1-4-9-20)26-17-22(21-10-5-2-6-11-21)14-15-23(26)19-37(35)36/h1-15,17-18,37H,16,19H2. The van der Waals surface area contributed by atoms with Crippen molar-refractivity contribution in [3.8, 4) is 22.3 Å². The normalized spacial score (nSPS) is 11.8. The summed E-state index contributed by atoms with van der Waals surface area (Å²) in [6, 6.07) is 28.6. The van der Waals surface area contributed by atoms with E-state index in [-0.39, 0.29) is 11.3 Å². The molecule has 0 N–H and O–H groups in total. The maximum Gasteiger partial charge on any atom is 0.418 e. The van der Waals surface area contributed by atoms with Crippen LogP contribution in [0.1, 0.15) is 22.3 Å². The van der Waals surface area contributed by atoms with Gasteiger partial charge in [0, 0.05) is 11.6 Å². The Morgan fingerprint density at radius 2 is 1.43 bits per heavy atom. The van der Waals surface area contributed by atoms with Crippen LogP contribution in [0, 0.1) is 0 Å². The largest absolute Gasteiger partial charge is 0.418 e. The summed E-state index contributed by atoms with van der Waals surface area (Å²) >= 11 is 0. The molecule has 0 aliphatic heterocycles. The van der Waals surface area contributed by atoms with Crippen LogP contribution >= 0.6 is 0 Å². The highest BCUT2D eigenvalue weighted by molar-refractivity contribution is 7.71. The molecule has 0 aliphatic rings. The van der Waals surface area contributed by atoms with E-state index in [1.165, 1.54) is 12.3 Å². The molecule has 0 spiro atoms. The van der Waals surface area contributed by atoms with E-state index in [0.717, 1.165) is 22.8 Å². The van der Waals surface area contributed by atoms with Crippen LogP contribution in [0.5, 0.6) is 0 Å². The highest BCUT2D eigenvalue weighted by atomic mass is 32.2. The SMILES string of the molecule is O=[SH](=O)Cc1ccc(-c2ccccc2)cc1-c1c(Cc2ccccc2)cnc2c(C(F)(F)F)cccc12. The van der Waals surface area contributed by atoms with Crippen LogP contribution in [-0.2, 0) is 29.1 Å². The van der Waals surface area contributed by atoms with Gasteiger partial charge in [0.25, 0.3) is 0 Å². The summed E-state index contributed by atoms with van der Waals surface area (Å²) in [5.41, 5.74) is 4.11. The number of hydrogen-bond donors (Lipinski definition) is 1. The number of nitrogens with zero attached hydrogens (tertiary/aromatic N) is 1. The number of hydrogen-bond acceptors (Lipinski definition) is 3. The fraction of sp³-hybridized carbons (Fsp3) is 0.100. The molecule has 7 heteroatoms. The molecule has 3 nitrogen and oxygen atoms in total. The summed E-state index contributed by atoms with van der Waals surface area (Å²) in [6.07, 6.45) is -2.68. The topological polar surface area (TPSA) is 47.0 Å². The Morgan fingerprint density at radius 1 is 0.730 bits per heavy atom. The van der Waals surface area contributed by atoms with Crippen molar-refractivity contribution in [1.82, 2.24) is 4.98 Å². The van der Waals surface area contributed by atoms with Gasteiger partial charge in [-0.3, -0.25) is 4.98 Å². The highest BCUT2D eigenvalue weighted by Crippen LogP contribution is 2.41. The molecule has 5 rings (SSSR count). The van der Waals surface area contributed by atoms with Crippen LogP contribution < -0.4 is 0 Å². The summed E-state index contributed by atoms with van der Waals surface area (Å²) < 4.78 is 65.4. The van der Waals surface area contributed by atoms with Gasteiger partial charge in [0.15, 0.2) is 0 Å². The zero-order chi connectivity index (χ0) is 26.0. The summed E-state index contributed by atoms with van der Waals surface area (Å²) in [5, 5.41) is 0.329. The van der Waals surface area contributed by atoms with E-state index < -0.39 is 22.4 Å². The number of benzene rings is 4. The number of aromatic nitrogens is 1. The third-order valence-electron chi connectivity index (χ3n) is 6.30. The van der Waals surface area contributed by atoms with Gasteiger partial charge < -0.3 is 0 Å². The Hall–Kier alpha value is -3.97. The van der Waals surface area contributed by atoms with Gasteiger partial charge in [-0.25, -0.2) is 8.42 Å². The summed E-state index contributed by atoms with van der Waals surface area (Å²) in [4.78, 5) is 4.26. The van der Waals surface area contributed by atoms with E-state index in [1.54, 1.807) is 12.1 Å². The molecule has 5 aromatic rings. The van der Waals surface area contributed by atoms with Crippen molar-refractivity contribution < 1.29 is 21.6 Å². The first kappa shape index (κ1) is 24.7. The molecule has 0 radical (unpaired) electrons. The van der Waals surface area contributed by atoms with Crippen LogP contribution in [0.2, 0.25) is 0 Å². The second kappa shape index (κ2) is 10.2. The number of fused-ring (bicyclic) bond motifs is 1. The minimum absolute atomic E-state index is 0.163. The monoisotopic (exact) mass is 517 g/mol. The van der Waals surface area contributed by atoms with Crippen LogP contribution in [0.4, 0.5) is 13.2 Å². The molecule has 186 valence electrons. The number of para-hydroxylation sites is 1. The molecule has 4 aromatic carbocycles. The summed E-state index contributed by atoms with van der Waals surface area (Å²) in [7, 11) is -2.77. The second-order valence-corrected chi connectivity index (χ2v) is 9.73. The molecule has 37 heavy (non-hydrogen) atoms. The predicted octanol–water partition coefficient (Wildman–Crippen LogP) is 7.29. The van der Waals surface area contributed by atoms with Gasteiger partial charge in [0.1, 0.15) is 10.7 Å². The summed E-state index contributed by atoms with van der Waals surface area (Å²) in [5.74, 6) is -0.229. The van der Waals surface area contributed by atoms with Gasteiger partial charge in [-0.15, -0.1) is 0 Å². The van der Waals surface area contributed by atoms with E-state index in [4.69, 9.17) is 0 Å². The molecule has 0 atom stereocenters. The Bertz CT molecular complexity index is 1640. The van der Waals surface area contributed by atoms with Gasteiger partial charge in [-0.2, -0.15) is 13.2 Å². The van der Waals surface area contributed by atoms with Crippen molar-refractivity contribution in [1.29, 1.82) is 0 Å². The van der Waals surface area contributed by atoms with Crippen molar-refractivity contribution in [3.63, 3.8) is 0 Å². The zero-order valence-electron chi connectivity index (χ0n) is 19.6. The number of pyridine rings is 1. The molecule has 0 unspecified atom stereocenters. The number of thiol groups is 1. The van der Waals surface area contributed by atoms with Crippen molar-refractivity contribution in [3.05, 3.63) is 126 Å². The van der Waals surface area contributed by atoms with E-state index >= 15 is 0 Å². The average molecular weight is 518 g/mol. The Balaban J connectivity index is 1.84. The third kappa shape index (κ3) is 5.27. The molecular formula is C30H22F3NO2S. The van der Waals surface area contributed by atoms with E-state index in [2.05, 4.69) is 4.98 Å². The first-order valence-electron chi connectivity index (χ1n) is 11.6. The molecule has 0 fully saturated rings. The Labute approximate surface area is 214 Å². The third-order valence-corrected chi connectivity index (χ3v) is 6.90. The second-order valence-electron chi connectivity index (χ2n) is 8.75. The van der Waals surface area contributed by atoms with Gasteiger partial charge >= 0.3 is 6.18 Å². The lowest BCUT2D eigenvalue weighted by molar-refractivity contribution is -0.136. The maximum atomic E-state index is 13.9. The summed E-state index contributed by atoms with van der Waals surface area (Å²) in [6.45, 7) is 0. The van der Waals surface area contributed by atoms with E-state index in [9.17, 15) is 21.6 Å². The zero-order valence-corrected chi connectivity index (χ0v) is 20.5. The molecule has 0 amide bonds. The quantitative estimate of drug-likeness (QED) is 0.241. The Morgan fingerprint density at radius 3 is 2.11 bits per heavy atom. The molecule has 0 saturated heterocycles. The lowest BCUT2D eigenvalue weighted by atomic mass is 9.88. The fourth-order valence-corrected chi connectivity index (χ4v) is 5.21. The lowest BCUT2D eigenvalue weighted by Gasteiger charge is -2.19. The first-order chi connectivity index (χ1) is 17.8. The van der Waals surface area contributed by atoms with Gasteiger partial charge in [0.2, 0.25) is 0 Å². The van der Waals surface area contributed by atoms with E-state index in [1.807, 2.05) is 72.8 Å². The van der Waals surface area contributed by atoms with Crippen molar-refractivity contribution in [2.75, 3.05) is 0 Å². The van der Waals surface area contributed by atoms with E-state index in [0.29, 0.717) is 34.1 Å². The van der Waals surface area contributed by atoms with Crippen molar-refractivity contribution >= 4 is 21.6 Å². The average Bonchev–Trinajstić information content (AvgIpc) is 2.89. The van der Waals surface area contributed by atoms with Gasteiger partial charge in [-0.1, -0.05) is 84.9 Å². The molecule has 0 saturated carbocycles.